The van der Waals surface area contributed by atoms with E-state index in [-0.39, 0.29) is 0 Å². The van der Waals surface area contributed by atoms with Gasteiger partial charge in [0.2, 0.25) is 0 Å². The normalized spacial score (nSPS) is 27.9. The topological polar surface area (TPSA) is 65.7 Å². The van der Waals surface area contributed by atoms with Gasteiger partial charge in [0.25, 0.3) is 0 Å². The highest BCUT2D eigenvalue weighted by Gasteiger charge is 2.35. The molecule has 0 amide bonds. The minimum absolute atomic E-state index is 0.431. The van der Waals surface area contributed by atoms with E-state index in [2.05, 4.69) is 34.6 Å². The van der Waals surface area contributed by atoms with Gasteiger partial charge in [-0.15, -0.1) is 0 Å². The third-order valence-corrected chi connectivity index (χ3v) is 4.22. The van der Waals surface area contributed by atoms with Crippen LogP contribution in [0.5, 0.6) is 0 Å². The van der Waals surface area contributed by atoms with Gasteiger partial charge >= 0.3 is 0 Å². The molecule has 1 unspecified atom stereocenters. The highest BCUT2D eigenvalue weighted by atomic mass is 15.3. The van der Waals surface area contributed by atoms with E-state index >= 15 is 0 Å². The van der Waals surface area contributed by atoms with Crippen LogP contribution in [0.25, 0.3) is 0 Å². The fraction of sp³-hybridized carbons (Fsp3) is 0.800. The van der Waals surface area contributed by atoms with E-state index in [1.165, 1.54) is 38.5 Å². The first-order valence-electron chi connectivity index (χ1n) is 7.81. The molecule has 5 nitrogen and oxygen atoms in total. The third-order valence-electron chi connectivity index (χ3n) is 4.22. The van der Waals surface area contributed by atoms with Gasteiger partial charge < -0.3 is 15.5 Å². The Bertz CT molecular complexity index is 355. The summed E-state index contributed by atoms with van der Waals surface area (Å²) in [6.45, 7) is 1.90. The molecule has 0 radical (unpaired) electrons. The first kappa shape index (κ1) is 15.3. The van der Waals surface area contributed by atoms with Crippen LogP contribution in [0.3, 0.4) is 0 Å². The molecule has 2 rings (SSSR count). The van der Waals surface area contributed by atoms with E-state index in [1.54, 1.807) is 0 Å². The van der Waals surface area contributed by atoms with Gasteiger partial charge in [0.1, 0.15) is 5.82 Å². The SMILES string of the molecule is CN(C)CCNC1=CC=NC(N)(C2CCCCCC2)N1. The molecule has 1 atom stereocenters. The molecule has 0 aromatic carbocycles. The first-order valence-corrected chi connectivity index (χ1v) is 7.81. The maximum absolute atomic E-state index is 6.52. The largest absolute Gasteiger partial charge is 0.370 e. The lowest BCUT2D eigenvalue weighted by molar-refractivity contribution is 0.212. The predicted molar refractivity (Wildman–Crippen MR) is 84.4 cm³/mol. The van der Waals surface area contributed by atoms with Crippen LogP contribution in [0.2, 0.25) is 0 Å². The summed E-state index contributed by atoms with van der Waals surface area (Å²) < 4.78 is 0. The molecule has 1 fully saturated rings. The van der Waals surface area contributed by atoms with Crippen LogP contribution < -0.4 is 16.4 Å². The number of hydrogen-bond donors (Lipinski definition) is 3. The van der Waals surface area contributed by atoms with Gasteiger partial charge in [-0.3, -0.25) is 10.7 Å². The lowest BCUT2D eigenvalue weighted by Gasteiger charge is -2.37. The van der Waals surface area contributed by atoms with E-state index in [9.17, 15) is 0 Å². The zero-order valence-electron chi connectivity index (χ0n) is 12.9. The minimum Gasteiger partial charge on any atom is -0.370 e. The van der Waals surface area contributed by atoms with Crippen LogP contribution in [0.15, 0.2) is 16.9 Å². The molecule has 1 saturated carbocycles. The zero-order chi connectivity index (χ0) is 14.4. The van der Waals surface area contributed by atoms with Crippen LogP contribution in [0.4, 0.5) is 0 Å². The Hall–Kier alpha value is -1.07. The molecule has 1 aliphatic carbocycles. The van der Waals surface area contributed by atoms with Crippen LogP contribution >= 0.6 is 0 Å². The first-order chi connectivity index (χ1) is 9.60. The van der Waals surface area contributed by atoms with Gasteiger partial charge in [-0.05, 0) is 33.0 Å². The van der Waals surface area contributed by atoms with Crippen molar-refractivity contribution in [3.8, 4) is 0 Å². The molecule has 114 valence electrons. The Morgan fingerprint density at radius 2 is 2.05 bits per heavy atom. The van der Waals surface area contributed by atoms with Crippen molar-refractivity contribution in [2.45, 2.75) is 44.3 Å². The second kappa shape index (κ2) is 7.09. The van der Waals surface area contributed by atoms with Crippen LogP contribution in [-0.4, -0.2) is 44.1 Å². The Labute approximate surface area is 122 Å². The summed E-state index contributed by atoms with van der Waals surface area (Å²) in [6.07, 6.45) is 11.4. The standard InChI is InChI=1S/C15H29N5/c1-20(2)12-11-17-14-9-10-18-15(16,19-14)13-7-5-3-4-6-8-13/h9-10,13,17,19H,3-8,11-12,16H2,1-2H3. The summed E-state index contributed by atoms with van der Waals surface area (Å²) in [5.41, 5.74) is 6.52. The number of hydrogen-bond acceptors (Lipinski definition) is 5. The van der Waals surface area contributed by atoms with Gasteiger partial charge in [0, 0.05) is 25.2 Å². The highest BCUT2D eigenvalue weighted by molar-refractivity contribution is 5.73. The Morgan fingerprint density at radius 1 is 1.35 bits per heavy atom. The van der Waals surface area contributed by atoms with E-state index in [0.717, 1.165) is 18.9 Å². The van der Waals surface area contributed by atoms with Crippen molar-refractivity contribution in [2.24, 2.45) is 16.6 Å². The smallest absolute Gasteiger partial charge is 0.186 e. The van der Waals surface area contributed by atoms with Crippen molar-refractivity contribution >= 4 is 6.21 Å². The van der Waals surface area contributed by atoms with E-state index in [4.69, 9.17) is 5.73 Å². The second-order valence-electron chi connectivity index (χ2n) is 6.23. The fourth-order valence-electron chi connectivity index (χ4n) is 2.97. The highest BCUT2D eigenvalue weighted by Crippen LogP contribution is 2.30. The summed E-state index contributed by atoms with van der Waals surface area (Å²) in [5, 5.41) is 6.81. The zero-order valence-corrected chi connectivity index (χ0v) is 12.9. The second-order valence-corrected chi connectivity index (χ2v) is 6.23. The lowest BCUT2D eigenvalue weighted by Crippen LogP contribution is -2.59. The van der Waals surface area contributed by atoms with E-state index in [1.807, 2.05) is 12.3 Å². The van der Waals surface area contributed by atoms with Crippen molar-refractivity contribution in [2.75, 3.05) is 27.2 Å². The number of nitrogens with one attached hydrogen (secondary N) is 2. The molecule has 0 spiro atoms. The Kier molecular flexibility index (Phi) is 5.43. The van der Waals surface area contributed by atoms with Crippen molar-refractivity contribution in [1.29, 1.82) is 0 Å². The molecule has 4 N–H and O–H groups in total. The average Bonchev–Trinajstić information content (AvgIpc) is 2.68. The summed E-state index contributed by atoms with van der Waals surface area (Å²) in [6, 6.07) is 0. The summed E-state index contributed by atoms with van der Waals surface area (Å²) in [7, 11) is 4.15. The maximum atomic E-state index is 6.52. The number of rotatable bonds is 5. The van der Waals surface area contributed by atoms with Crippen LogP contribution in [-0.2, 0) is 0 Å². The summed E-state index contributed by atoms with van der Waals surface area (Å²) >= 11 is 0. The number of likely N-dealkylation sites (N-methyl/N-ethyl adjacent to an activating group) is 1. The van der Waals surface area contributed by atoms with Crippen molar-refractivity contribution in [3.05, 3.63) is 11.9 Å². The summed E-state index contributed by atoms with van der Waals surface area (Å²) in [4.78, 5) is 6.69. The van der Waals surface area contributed by atoms with Crippen molar-refractivity contribution < 1.29 is 0 Å². The lowest BCUT2D eigenvalue weighted by atomic mass is 9.92. The molecule has 20 heavy (non-hydrogen) atoms. The molecule has 1 heterocycles. The molecular formula is C15H29N5. The molecule has 2 aliphatic rings. The van der Waals surface area contributed by atoms with Crippen molar-refractivity contribution in [3.63, 3.8) is 0 Å². The fourth-order valence-corrected chi connectivity index (χ4v) is 2.97. The Morgan fingerprint density at radius 3 is 2.70 bits per heavy atom. The Balaban J connectivity index is 1.90. The van der Waals surface area contributed by atoms with Gasteiger partial charge in [0.15, 0.2) is 5.79 Å². The van der Waals surface area contributed by atoms with Crippen molar-refractivity contribution in [1.82, 2.24) is 15.5 Å². The number of nitrogens with zero attached hydrogens (tertiary/aromatic N) is 2. The van der Waals surface area contributed by atoms with Gasteiger partial charge in [0.05, 0.1) is 0 Å². The quantitative estimate of drug-likeness (QED) is 0.662. The van der Waals surface area contributed by atoms with Gasteiger partial charge in [-0.1, -0.05) is 25.7 Å². The molecule has 0 aromatic heterocycles. The molecular weight excluding hydrogens is 250 g/mol. The maximum Gasteiger partial charge on any atom is 0.186 e. The van der Waals surface area contributed by atoms with Gasteiger partial charge in [-0.25, -0.2) is 0 Å². The summed E-state index contributed by atoms with van der Waals surface area (Å²) in [5.74, 6) is 0.800. The van der Waals surface area contributed by atoms with E-state index < -0.39 is 5.79 Å². The average molecular weight is 279 g/mol. The number of aliphatic imine (C=N–C) groups is 1. The third kappa shape index (κ3) is 4.21. The molecule has 5 heteroatoms. The van der Waals surface area contributed by atoms with Gasteiger partial charge in [-0.2, -0.15) is 0 Å². The minimum atomic E-state index is -0.625. The molecule has 0 bridgehead atoms. The predicted octanol–water partition coefficient (Wildman–Crippen LogP) is 1.24. The van der Waals surface area contributed by atoms with Crippen LogP contribution in [0, 0.1) is 5.92 Å². The molecule has 0 saturated heterocycles. The molecule has 1 aliphatic heterocycles. The number of allylic oxidation sites excluding steroid dienone is 1. The number of nitrogens with two attached hydrogens (primary N) is 1. The van der Waals surface area contributed by atoms with E-state index in [0.29, 0.717) is 5.92 Å². The monoisotopic (exact) mass is 279 g/mol. The molecule has 0 aromatic rings. The van der Waals surface area contributed by atoms with Crippen LogP contribution in [0.1, 0.15) is 38.5 Å².